The summed E-state index contributed by atoms with van der Waals surface area (Å²) in [4.78, 5) is 20.9. The number of aryl methyl sites for hydroxylation is 1. The van der Waals surface area contributed by atoms with Crippen LogP contribution in [0.4, 0.5) is 0 Å². The number of phenols is 1. The fourth-order valence-corrected chi connectivity index (χ4v) is 2.68. The molecule has 0 saturated heterocycles. The lowest BCUT2D eigenvalue weighted by molar-refractivity contribution is -0.136. The Hall–Kier alpha value is -2.79. The predicted molar refractivity (Wildman–Crippen MR) is 97.5 cm³/mol. The van der Waals surface area contributed by atoms with Crippen molar-refractivity contribution in [3.05, 3.63) is 64.3 Å². The lowest BCUT2D eigenvalue weighted by atomic mass is 10.1. The van der Waals surface area contributed by atoms with Crippen molar-refractivity contribution in [2.75, 3.05) is 0 Å². The normalized spacial score (nSPS) is 10.2. The molecular formula is C19H18ClNO4. The molecule has 5 nitrogen and oxygen atoms in total. The fraction of sp³-hybridized carbons (Fsp3) is 0.158. The molecule has 0 saturated carbocycles. The topological polar surface area (TPSA) is 79.5 Å². The van der Waals surface area contributed by atoms with Gasteiger partial charge in [0.05, 0.1) is 6.42 Å². The second-order valence-corrected chi connectivity index (χ2v) is 6.00. The first kappa shape index (κ1) is 18.5. The van der Waals surface area contributed by atoms with Gasteiger partial charge in [0.2, 0.25) is 0 Å². The number of aromatic hydroxyl groups is 1. The van der Waals surface area contributed by atoms with Crippen molar-refractivity contribution in [2.45, 2.75) is 13.3 Å². The van der Waals surface area contributed by atoms with Gasteiger partial charge in [-0.05, 0) is 42.8 Å². The second kappa shape index (κ2) is 7.85. The first-order chi connectivity index (χ1) is 11.8. The Labute approximate surface area is 150 Å². The molecule has 0 aliphatic carbocycles. The van der Waals surface area contributed by atoms with Gasteiger partial charge in [0.15, 0.2) is 0 Å². The van der Waals surface area contributed by atoms with Crippen LogP contribution in [0.2, 0.25) is 5.02 Å². The molecular weight excluding hydrogens is 342 g/mol. The van der Waals surface area contributed by atoms with Crippen LogP contribution >= 0.6 is 11.6 Å². The standard InChI is InChI=1S/C12H13NO3.C7H5ClO/c1-7-9(6-12(15)16)10-5-8(14)3-4-11(10)13(7)2;8-7-3-1-6(5-9)2-4-7/h3-5,14H,6H2,1-2H3,(H,15,16);1-5H. The van der Waals surface area contributed by atoms with Crippen molar-refractivity contribution in [2.24, 2.45) is 7.05 Å². The number of carboxylic acids is 1. The molecule has 0 fully saturated rings. The van der Waals surface area contributed by atoms with E-state index >= 15 is 0 Å². The number of hydrogen-bond acceptors (Lipinski definition) is 3. The molecule has 0 aliphatic rings. The Kier molecular flexibility index (Phi) is 5.83. The number of carbonyl (C=O) groups excluding carboxylic acids is 1. The summed E-state index contributed by atoms with van der Waals surface area (Å²) in [5, 5.41) is 19.8. The molecule has 3 rings (SSSR count). The summed E-state index contributed by atoms with van der Waals surface area (Å²) in [6.45, 7) is 1.88. The first-order valence-corrected chi connectivity index (χ1v) is 7.90. The summed E-state index contributed by atoms with van der Waals surface area (Å²) >= 11 is 5.55. The third-order valence-electron chi connectivity index (χ3n) is 3.94. The van der Waals surface area contributed by atoms with E-state index in [4.69, 9.17) is 16.7 Å². The molecule has 0 atom stereocenters. The average Bonchev–Trinajstić information content (AvgIpc) is 2.80. The minimum atomic E-state index is -0.862. The van der Waals surface area contributed by atoms with Gasteiger partial charge in [0.25, 0.3) is 0 Å². The molecule has 0 amide bonds. The number of carboxylic acid groups (broad SMARTS) is 1. The van der Waals surface area contributed by atoms with Gasteiger partial charge in [-0.2, -0.15) is 0 Å². The number of rotatable bonds is 3. The number of fused-ring (bicyclic) bond motifs is 1. The summed E-state index contributed by atoms with van der Waals surface area (Å²) in [6.07, 6.45) is 0.767. The van der Waals surface area contributed by atoms with Crippen molar-refractivity contribution in [1.82, 2.24) is 4.57 Å². The molecule has 1 heterocycles. The van der Waals surface area contributed by atoms with E-state index in [0.717, 1.165) is 28.4 Å². The van der Waals surface area contributed by atoms with Crippen LogP contribution in [0.5, 0.6) is 5.75 Å². The van der Waals surface area contributed by atoms with Crippen molar-refractivity contribution >= 4 is 34.8 Å². The monoisotopic (exact) mass is 359 g/mol. The van der Waals surface area contributed by atoms with Gasteiger partial charge < -0.3 is 14.8 Å². The highest BCUT2D eigenvalue weighted by atomic mass is 35.5. The number of phenolic OH excluding ortho intramolecular Hbond substituents is 1. The molecule has 0 bridgehead atoms. The van der Waals surface area contributed by atoms with E-state index in [9.17, 15) is 14.7 Å². The minimum Gasteiger partial charge on any atom is -0.508 e. The van der Waals surface area contributed by atoms with Crippen molar-refractivity contribution in [3.8, 4) is 5.75 Å². The van der Waals surface area contributed by atoms with Crippen molar-refractivity contribution < 1.29 is 19.8 Å². The molecule has 3 aromatic rings. The smallest absolute Gasteiger partial charge is 0.307 e. The number of hydrogen-bond donors (Lipinski definition) is 2. The number of aldehydes is 1. The van der Waals surface area contributed by atoms with Gasteiger partial charge in [-0.15, -0.1) is 0 Å². The largest absolute Gasteiger partial charge is 0.508 e. The van der Waals surface area contributed by atoms with Crippen LogP contribution in [0.1, 0.15) is 21.6 Å². The maximum absolute atomic E-state index is 10.8. The zero-order valence-electron chi connectivity index (χ0n) is 13.9. The summed E-state index contributed by atoms with van der Waals surface area (Å²) in [5.41, 5.74) is 3.27. The number of benzene rings is 2. The average molecular weight is 360 g/mol. The van der Waals surface area contributed by atoms with E-state index in [1.807, 2.05) is 18.5 Å². The summed E-state index contributed by atoms with van der Waals surface area (Å²) in [6, 6.07) is 11.7. The molecule has 2 aromatic carbocycles. The van der Waals surface area contributed by atoms with Gasteiger partial charge in [-0.25, -0.2) is 0 Å². The number of nitrogens with zero attached hydrogens (tertiary/aromatic N) is 1. The van der Waals surface area contributed by atoms with Gasteiger partial charge in [-0.3, -0.25) is 9.59 Å². The zero-order chi connectivity index (χ0) is 18.6. The SMILES string of the molecule is Cc1c(CC(=O)O)c2cc(O)ccc2n1C.O=Cc1ccc(Cl)cc1. The molecule has 6 heteroatoms. The maximum atomic E-state index is 10.8. The molecule has 0 radical (unpaired) electrons. The first-order valence-electron chi connectivity index (χ1n) is 7.53. The molecule has 130 valence electrons. The Morgan fingerprint density at radius 1 is 1.20 bits per heavy atom. The van der Waals surface area contributed by atoms with Crippen molar-refractivity contribution in [1.29, 1.82) is 0 Å². The highest BCUT2D eigenvalue weighted by Gasteiger charge is 2.14. The van der Waals surface area contributed by atoms with Crippen LogP contribution in [0.3, 0.4) is 0 Å². The van der Waals surface area contributed by atoms with Gasteiger partial charge >= 0.3 is 5.97 Å². The lowest BCUT2D eigenvalue weighted by Gasteiger charge is -1.98. The number of aromatic nitrogens is 1. The highest BCUT2D eigenvalue weighted by molar-refractivity contribution is 6.30. The van der Waals surface area contributed by atoms with Crippen LogP contribution in [-0.2, 0) is 18.3 Å². The second-order valence-electron chi connectivity index (χ2n) is 5.56. The van der Waals surface area contributed by atoms with Crippen LogP contribution in [0, 0.1) is 6.92 Å². The van der Waals surface area contributed by atoms with Gasteiger partial charge in [-0.1, -0.05) is 23.7 Å². The van der Waals surface area contributed by atoms with E-state index in [2.05, 4.69) is 0 Å². The van der Waals surface area contributed by atoms with Crippen LogP contribution < -0.4 is 0 Å². The minimum absolute atomic E-state index is 0.0212. The lowest BCUT2D eigenvalue weighted by Crippen LogP contribution is -2.01. The third kappa shape index (κ3) is 4.39. The highest BCUT2D eigenvalue weighted by Crippen LogP contribution is 2.28. The van der Waals surface area contributed by atoms with E-state index in [0.29, 0.717) is 10.6 Å². The quantitative estimate of drug-likeness (QED) is 0.693. The molecule has 0 unspecified atom stereocenters. The third-order valence-corrected chi connectivity index (χ3v) is 4.19. The zero-order valence-corrected chi connectivity index (χ0v) is 14.6. The van der Waals surface area contributed by atoms with E-state index in [-0.39, 0.29) is 12.2 Å². The van der Waals surface area contributed by atoms with Crippen LogP contribution in [0.15, 0.2) is 42.5 Å². The molecule has 2 N–H and O–H groups in total. The fourth-order valence-electron chi connectivity index (χ4n) is 2.55. The molecule has 0 aliphatic heterocycles. The summed E-state index contributed by atoms with van der Waals surface area (Å²) in [7, 11) is 1.89. The van der Waals surface area contributed by atoms with Gasteiger partial charge in [0, 0.05) is 34.2 Å². The van der Waals surface area contributed by atoms with Crippen LogP contribution in [-0.4, -0.2) is 27.0 Å². The Morgan fingerprint density at radius 3 is 2.40 bits per heavy atom. The number of aliphatic carboxylic acids is 1. The Balaban J connectivity index is 0.000000212. The molecule has 25 heavy (non-hydrogen) atoms. The van der Waals surface area contributed by atoms with Crippen LogP contribution in [0.25, 0.3) is 10.9 Å². The Bertz CT molecular complexity index is 913. The summed E-state index contributed by atoms with van der Waals surface area (Å²) < 4.78 is 1.94. The van der Waals surface area contributed by atoms with Gasteiger partial charge in [0.1, 0.15) is 12.0 Å². The maximum Gasteiger partial charge on any atom is 0.307 e. The van der Waals surface area contributed by atoms with E-state index < -0.39 is 5.97 Å². The molecule has 0 spiro atoms. The summed E-state index contributed by atoms with van der Waals surface area (Å²) in [5.74, 6) is -0.705. The Morgan fingerprint density at radius 2 is 1.84 bits per heavy atom. The molecule has 1 aromatic heterocycles. The van der Waals surface area contributed by atoms with Crippen molar-refractivity contribution in [3.63, 3.8) is 0 Å². The van der Waals surface area contributed by atoms with E-state index in [1.165, 1.54) is 0 Å². The number of carbonyl (C=O) groups is 2. The predicted octanol–water partition coefficient (Wildman–Crippen LogP) is 3.97. The number of halogens is 1. The van der Waals surface area contributed by atoms with E-state index in [1.54, 1.807) is 42.5 Å².